The quantitative estimate of drug-likeness (QED) is 0.103. The number of likely N-dealkylation sites (N-methyl/N-ethyl adjacent to an activating group) is 1. The number of hydrogen-bond donors (Lipinski definition) is 3. The Morgan fingerprint density at radius 2 is 1.32 bits per heavy atom. The fourth-order valence-corrected chi connectivity index (χ4v) is 6.12. The van der Waals surface area contributed by atoms with Crippen LogP contribution in [0.3, 0.4) is 0 Å². The van der Waals surface area contributed by atoms with Gasteiger partial charge >= 0.3 is 0 Å². The maximum atomic E-state index is 14.0. The van der Waals surface area contributed by atoms with Crippen molar-refractivity contribution in [3.05, 3.63) is 114 Å². The molecule has 5 rings (SSSR count). The Balaban J connectivity index is 1.41. The highest BCUT2D eigenvalue weighted by atomic mass is 16.5. The molecule has 0 aliphatic rings. The van der Waals surface area contributed by atoms with E-state index in [4.69, 9.17) is 14.2 Å². The summed E-state index contributed by atoms with van der Waals surface area (Å²) in [6.07, 6.45) is 1.52. The number of carbonyl (C=O) groups excluding carboxylic acids is 1. The molecule has 1 amide bonds. The number of carbonyl (C=O) groups is 1. The van der Waals surface area contributed by atoms with E-state index in [-0.39, 0.29) is 18.0 Å². The van der Waals surface area contributed by atoms with Crippen molar-refractivity contribution in [1.82, 2.24) is 16.0 Å². The van der Waals surface area contributed by atoms with Gasteiger partial charge in [-0.3, -0.25) is 4.79 Å². The van der Waals surface area contributed by atoms with E-state index in [2.05, 4.69) is 101 Å². The van der Waals surface area contributed by atoms with E-state index < -0.39 is 0 Å². The predicted octanol–water partition coefficient (Wildman–Crippen LogP) is 6.95. The van der Waals surface area contributed by atoms with Crippen LogP contribution in [0, 0.1) is 0 Å². The molecule has 7 nitrogen and oxygen atoms in total. The number of hydrogen-bond acceptors (Lipinski definition) is 6. The number of amides is 1. The molecule has 2 atom stereocenters. The van der Waals surface area contributed by atoms with Crippen molar-refractivity contribution >= 4 is 27.5 Å². The van der Waals surface area contributed by atoms with Gasteiger partial charge in [-0.2, -0.15) is 0 Å². The van der Waals surface area contributed by atoms with E-state index in [1.165, 1.54) is 32.7 Å². The lowest BCUT2D eigenvalue weighted by Gasteiger charge is -2.25. The third-order valence-corrected chi connectivity index (χ3v) is 8.25. The molecule has 5 aromatic rings. The van der Waals surface area contributed by atoms with Gasteiger partial charge in [-0.05, 0) is 85.5 Å². The summed E-state index contributed by atoms with van der Waals surface area (Å²) in [4.78, 5) is 14.0. The molecule has 0 saturated carbocycles. The normalized spacial score (nSPS) is 12.5. The van der Waals surface area contributed by atoms with Gasteiger partial charge in [0.15, 0.2) is 11.5 Å². The van der Waals surface area contributed by atoms with Gasteiger partial charge < -0.3 is 30.2 Å². The Morgan fingerprint density at radius 3 is 2.02 bits per heavy atom. The van der Waals surface area contributed by atoms with Crippen LogP contribution in [0.5, 0.6) is 17.2 Å². The van der Waals surface area contributed by atoms with Crippen molar-refractivity contribution in [2.75, 3.05) is 40.0 Å². The molecular formula is C40H47N3O4. The summed E-state index contributed by atoms with van der Waals surface area (Å²) in [6.45, 7) is 8.44. The van der Waals surface area contributed by atoms with Crippen LogP contribution in [-0.2, 0) is 12.8 Å². The third kappa shape index (κ3) is 8.82. The van der Waals surface area contributed by atoms with Crippen molar-refractivity contribution in [2.24, 2.45) is 0 Å². The fraction of sp³-hybridized carbons (Fsp3) is 0.325. The molecule has 0 spiro atoms. The summed E-state index contributed by atoms with van der Waals surface area (Å²) in [6, 6.07) is 33.3. The molecule has 3 N–H and O–H groups in total. The molecular weight excluding hydrogens is 586 g/mol. The lowest BCUT2D eigenvalue weighted by atomic mass is 9.97. The van der Waals surface area contributed by atoms with Gasteiger partial charge in [0.25, 0.3) is 5.91 Å². The Labute approximate surface area is 278 Å². The Morgan fingerprint density at radius 1 is 0.660 bits per heavy atom. The lowest BCUT2D eigenvalue weighted by Crippen LogP contribution is -2.48. The largest absolute Gasteiger partial charge is 0.490 e. The molecule has 0 aliphatic heterocycles. The maximum absolute atomic E-state index is 14.0. The summed E-state index contributed by atoms with van der Waals surface area (Å²) in [5.41, 5.74) is 2.92. The van der Waals surface area contributed by atoms with Crippen LogP contribution < -0.4 is 30.2 Å². The summed E-state index contributed by atoms with van der Waals surface area (Å²) in [5.74, 6) is 1.32. The SMILES string of the molecule is CCOc1cc(C(=O)N[C@H](CN[C@@H](CNC)Cc2ccc3ccccc3c2)Cc2cccc3ccccc23)cc(OCC)c1OCC. The predicted molar refractivity (Wildman–Crippen MR) is 192 cm³/mol. The zero-order valence-corrected chi connectivity index (χ0v) is 28.0. The summed E-state index contributed by atoms with van der Waals surface area (Å²) in [7, 11) is 1.97. The Bertz CT molecular complexity index is 1740. The van der Waals surface area contributed by atoms with Gasteiger partial charge in [0.1, 0.15) is 0 Å². The summed E-state index contributed by atoms with van der Waals surface area (Å²) < 4.78 is 17.7. The first kappa shape index (κ1) is 33.8. The van der Waals surface area contributed by atoms with Crippen LogP contribution in [0.1, 0.15) is 42.3 Å². The maximum Gasteiger partial charge on any atom is 0.251 e. The van der Waals surface area contributed by atoms with Gasteiger partial charge in [0, 0.05) is 30.7 Å². The van der Waals surface area contributed by atoms with Crippen LogP contribution in [0.15, 0.2) is 97.1 Å². The Kier molecular flexibility index (Phi) is 12.1. The second kappa shape index (κ2) is 16.8. The number of benzene rings is 5. The first-order valence-electron chi connectivity index (χ1n) is 16.7. The Hall–Kier alpha value is -4.59. The second-order valence-corrected chi connectivity index (χ2v) is 11.7. The van der Waals surface area contributed by atoms with Crippen LogP contribution in [-0.4, -0.2) is 57.9 Å². The monoisotopic (exact) mass is 633 g/mol. The molecule has 0 bridgehead atoms. The minimum atomic E-state index is -0.193. The molecule has 0 saturated heterocycles. The van der Waals surface area contributed by atoms with Crippen molar-refractivity contribution in [1.29, 1.82) is 0 Å². The topological polar surface area (TPSA) is 80.9 Å². The summed E-state index contributed by atoms with van der Waals surface area (Å²) in [5, 5.41) is 15.3. The first-order valence-corrected chi connectivity index (χ1v) is 16.7. The molecule has 0 aliphatic carbocycles. The van der Waals surface area contributed by atoms with Gasteiger partial charge in [-0.15, -0.1) is 0 Å². The average molecular weight is 634 g/mol. The van der Waals surface area contributed by atoms with Gasteiger partial charge in [0.05, 0.1) is 19.8 Å². The number of rotatable bonds is 17. The fourth-order valence-electron chi connectivity index (χ4n) is 6.12. The van der Waals surface area contributed by atoms with E-state index >= 15 is 0 Å². The highest BCUT2D eigenvalue weighted by Gasteiger charge is 2.22. The van der Waals surface area contributed by atoms with E-state index in [1.54, 1.807) is 12.1 Å². The van der Waals surface area contributed by atoms with Crippen molar-refractivity contribution in [3.8, 4) is 17.2 Å². The van der Waals surface area contributed by atoms with Crippen LogP contribution in [0.4, 0.5) is 0 Å². The molecule has 7 heteroatoms. The molecule has 47 heavy (non-hydrogen) atoms. The van der Waals surface area contributed by atoms with Crippen LogP contribution >= 0.6 is 0 Å². The average Bonchev–Trinajstić information content (AvgIpc) is 3.08. The molecule has 0 radical (unpaired) electrons. The highest BCUT2D eigenvalue weighted by molar-refractivity contribution is 5.96. The van der Waals surface area contributed by atoms with E-state index in [9.17, 15) is 4.79 Å². The van der Waals surface area contributed by atoms with E-state index in [0.29, 0.717) is 55.6 Å². The second-order valence-electron chi connectivity index (χ2n) is 11.7. The zero-order valence-electron chi connectivity index (χ0n) is 28.0. The van der Waals surface area contributed by atoms with Gasteiger partial charge in [0.2, 0.25) is 5.75 Å². The van der Waals surface area contributed by atoms with Crippen molar-refractivity contribution in [2.45, 2.75) is 45.7 Å². The first-order chi connectivity index (χ1) is 23.0. The lowest BCUT2D eigenvalue weighted by molar-refractivity contribution is 0.0934. The van der Waals surface area contributed by atoms with Gasteiger partial charge in [-0.1, -0.05) is 84.9 Å². The minimum absolute atomic E-state index is 0.160. The van der Waals surface area contributed by atoms with Crippen molar-refractivity contribution < 1.29 is 19.0 Å². The van der Waals surface area contributed by atoms with E-state index in [0.717, 1.165) is 13.0 Å². The van der Waals surface area contributed by atoms with Crippen LogP contribution in [0.25, 0.3) is 21.5 Å². The number of fused-ring (bicyclic) bond motifs is 2. The zero-order chi connectivity index (χ0) is 33.0. The smallest absolute Gasteiger partial charge is 0.251 e. The van der Waals surface area contributed by atoms with E-state index in [1.807, 2.05) is 27.8 Å². The molecule has 246 valence electrons. The third-order valence-electron chi connectivity index (χ3n) is 8.25. The summed E-state index contributed by atoms with van der Waals surface area (Å²) >= 11 is 0. The van der Waals surface area contributed by atoms with Crippen molar-refractivity contribution in [3.63, 3.8) is 0 Å². The van der Waals surface area contributed by atoms with Gasteiger partial charge in [-0.25, -0.2) is 0 Å². The number of nitrogens with one attached hydrogen (secondary N) is 3. The van der Waals surface area contributed by atoms with Crippen LogP contribution in [0.2, 0.25) is 0 Å². The standard InChI is InChI=1S/C40H47N3O4/c1-5-45-37-24-33(25-38(46-6-2)39(37)47-7-3)40(44)43-35(23-32-17-12-16-30-14-10-11-18-36(30)32)27-42-34(26-41-4)22-28-19-20-29-13-8-9-15-31(29)21-28/h8-21,24-25,34-35,41-42H,5-7,22-23,26-27H2,1-4H3,(H,43,44)/t34-,35+/m1/s1. The highest BCUT2D eigenvalue weighted by Crippen LogP contribution is 2.39. The minimum Gasteiger partial charge on any atom is -0.490 e. The molecule has 0 fully saturated rings. The molecule has 5 aromatic carbocycles. The molecule has 0 heterocycles. The number of ether oxygens (including phenoxy) is 3. The molecule has 0 aromatic heterocycles. The molecule has 0 unspecified atom stereocenters.